The van der Waals surface area contributed by atoms with Gasteiger partial charge in [0.15, 0.2) is 0 Å². The standard InChI is InChI=1S/C21H23FN4O3S/c1-4-25-30(28,29)17-7-5-14(2)18(12-17)21(27)24-13-16-6-8-20(19(22)11-16)26-10-9-23-15(26)3/h5-12,25H,4,13H2,1-3H3,(H,24,27). The van der Waals surface area contributed by atoms with Crippen LogP contribution in [0, 0.1) is 19.7 Å². The maximum absolute atomic E-state index is 14.5. The predicted octanol–water partition coefficient (Wildman–Crippen LogP) is 2.86. The van der Waals surface area contributed by atoms with Crippen LogP contribution in [0.25, 0.3) is 5.69 Å². The van der Waals surface area contributed by atoms with E-state index in [0.717, 1.165) is 0 Å². The van der Waals surface area contributed by atoms with Crippen LogP contribution < -0.4 is 10.0 Å². The Balaban J connectivity index is 1.76. The first kappa shape index (κ1) is 21.7. The summed E-state index contributed by atoms with van der Waals surface area (Å²) >= 11 is 0. The molecule has 0 atom stereocenters. The SMILES string of the molecule is CCNS(=O)(=O)c1ccc(C)c(C(=O)NCc2ccc(-n3ccnc3C)c(F)c2)c1. The lowest BCUT2D eigenvalue weighted by atomic mass is 10.1. The van der Waals surface area contributed by atoms with Crippen molar-refractivity contribution in [2.24, 2.45) is 0 Å². The number of hydrogen-bond donors (Lipinski definition) is 2. The van der Waals surface area contributed by atoms with Crippen molar-refractivity contribution in [3.63, 3.8) is 0 Å². The highest BCUT2D eigenvalue weighted by molar-refractivity contribution is 7.89. The molecule has 0 aliphatic rings. The summed E-state index contributed by atoms with van der Waals surface area (Å²) in [6, 6.07) is 9.08. The molecular formula is C21H23FN4O3S. The van der Waals surface area contributed by atoms with Gasteiger partial charge in [-0.05, 0) is 49.2 Å². The average molecular weight is 431 g/mol. The van der Waals surface area contributed by atoms with Gasteiger partial charge in [-0.2, -0.15) is 0 Å². The van der Waals surface area contributed by atoms with E-state index in [0.29, 0.717) is 22.6 Å². The fourth-order valence-corrected chi connectivity index (χ4v) is 4.12. The van der Waals surface area contributed by atoms with Gasteiger partial charge in [0.1, 0.15) is 11.6 Å². The minimum atomic E-state index is -3.67. The first-order valence-electron chi connectivity index (χ1n) is 9.40. The number of benzene rings is 2. The number of hydrogen-bond acceptors (Lipinski definition) is 4. The largest absolute Gasteiger partial charge is 0.348 e. The van der Waals surface area contributed by atoms with Crippen LogP contribution in [0.15, 0.2) is 53.7 Å². The molecule has 0 spiro atoms. The molecule has 0 saturated carbocycles. The number of carbonyl (C=O) groups excluding carboxylic acids is 1. The molecule has 0 saturated heterocycles. The molecule has 3 rings (SSSR count). The second-order valence-electron chi connectivity index (χ2n) is 6.79. The second kappa shape index (κ2) is 8.76. The molecule has 0 aliphatic carbocycles. The van der Waals surface area contributed by atoms with Gasteiger partial charge in [-0.1, -0.05) is 19.1 Å². The van der Waals surface area contributed by atoms with E-state index in [9.17, 15) is 17.6 Å². The lowest BCUT2D eigenvalue weighted by molar-refractivity contribution is 0.0950. The van der Waals surface area contributed by atoms with E-state index in [2.05, 4.69) is 15.0 Å². The molecule has 0 bridgehead atoms. The summed E-state index contributed by atoms with van der Waals surface area (Å²) < 4.78 is 43.0. The number of nitrogens with one attached hydrogen (secondary N) is 2. The summed E-state index contributed by atoms with van der Waals surface area (Å²) in [7, 11) is -3.67. The fraction of sp³-hybridized carbons (Fsp3) is 0.238. The number of sulfonamides is 1. The van der Waals surface area contributed by atoms with Crippen molar-refractivity contribution in [1.82, 2.24) is 19.6 Å². The van der Waals surface area contributed by atoms with E-state index < -0.39 is 21.7 Å². The smallest absolute Gasteiger partial charge is 0.251 e. The van der Waals surface area contributed by atoms with Crippen LogP contribution in [0.4, 0.5) is 4.39 Å². The third-order valence-corrected chi connectivity index (χ3v) is 6.19. The van der Waals surface area contributed by atoms with Crippen LogP contribution in [-0.2, 0) is 16.6 Å². The zero-order valence-corrected chi connectivity index (χ0v) is 17.8. The molecular weight excluding hydrogens is 407 g/mol. The molecule has 9 heteroatoms. The number of halogens is 1. The topological polar surface area (TPSA) is 93.1 Å². The van der Waals surface area contributed by atoms with Gasteiger partial charge in [0.05, 0.1) is 10.6 Å². The molecule has 0 radical (unpaired) electrons. The normalized spacial score (nSPS) is 11.5. The van der Waals surface area contributed by atoms with Gasteiger partial charge in [0.25, 0.3) is 5.91 Å². The van der Waals surface area contributed by atoms with Gasteiger partial charge in [0.2, 0.25) is 10.0 Å². The number of amides is 1. The zero-order valence-electron chi connectivity index (χ0n) is 16.9. The molecule has 0 unspecified atom stereocenters. The number of nitrogens with zero attached hydrogens (tertiary/aromatic N) is 2. The van der Waals surface area contributed by atoms with Gasteiger partial charge in [0, 0.05) is 31.0 Å². The number of rotatable bonds is 7. The fourth-order valence-electron chi connectivity index (χ4n) is 3.05. The monoisotopic (exact) mass is 430 g/mol. The minimum absolute atomic E-state index is 0.0196. The first-order valence-corrected chi connectivity index (χ1v) is 10.9. The number of aryl methyl sites for hydroxylation is 2. The van der Waals surface area contributed by atoms with Gasteiger partial charge in [-0.25, -0.2) is 22.5 Å². The van der Waals surface area contributed by atoms with Gasteiger partial charge in [-0.15, -0.1) is 0 Å². The molecule has 1 aromatic heterocycles. The summed E-state index contributed by atoms with van der Waals surface area (Å²) in [6.45, 7) is 5.53. The Morgan fingerprint density at radius 2 is 1.93 bits per heavy atom. The van der Waals surface area contributed by atoms with Crippen molar-refractivity contribution in [1.29, 1.82) is 0 Å². The highest BCUT2D eigenvalue weighted by atomic mass is 32.2. The van der Waals surface area contributed by atoms with E-state index >= 15 is 0 Å². The molecule has 7 nitrogen and oxygen atoms in total. The van der Waals surface area contributed by atoms with Crippen LogP contribution >= 0.6 is 0 Å². The molecule has 0 aliphatic heterocycles. The van der Waals surface area contributed by atoms with E-state index in [-0.39, 0.29) is 23.5 Å². The van der Waals surface area contributed by atoms with Crippen LogP contribution in [0.1, 0.15) is 34.2 Å². The maximum Gasteiger partial charge on any atom is 0.251 e. The Kier molecular flexibility index (Phi) is 6.33. The van der Waals surface area contributed by atoms with Gasteiger partial charge in [-0.3, -0.25) is 4.79 Å². The van der Waals surface area contributed by atoms with Crippen molar-refractivity contribution >= 4 is 15.9 Å². The molecule has 0 fully saturated rings. The van der Waals surface area contributed by atoms with Crippen molar-refractivity contribution in [3.8, 4) is 5.69 Å². The van der Waals surface area contributed by atoms with Crippen molar-refractivity contribution in [2.45, 2.75) is 32.2 Å². The zero-order chi connectivity index (χ0) is 21.9. The Labute approximate surface area is 175 Å². The molecule has 2 N–H and O–H groups in total. The summed E-state index contributed by atoms with van der Waals surface area (Å²) in [5.74, 6) is -0.202. The van der Waals surface area contributed by atoms with Crippen LogP contribution in [-0.4, -0.2) is 30.4 Å². The van der Waals surface area contributed by atoms with Crippen molar-refractivity contribution < 1.29 is 17.6 Å². The summed E-state index contributed by atoms with van der Waals surface area (Å²) in [5.41, 5.74) is 1.84. The summed E-state index contributed by atoms with van der Waals surface area (Å²) in [4.78, 5) is 16.7. The average Bonchev–Trinajstić information content (AvgIpc) is 3.12. The Morgan fingerprint density at radius 1 is 1.17 bits per heavy atom. The first-order chi connectivity index (χ1) is 14.2. The lowest BCUT2D eigenvalue weighted by Crippen LogP contribution is -2.26. The summed E-state index contributed by atoms with van der Waals surface area (Å²) in [6.07, 6.45) is 3.27. The van der Waals surface area contributed by atoms with E-state index in [1.807, 2.05) is 0 Å². The van der Waals surface area contributed by atoms with E-state index in [1.54, 1.807) is 55.9 Å². The van der Waals surface area contributed by atoms with Crippen LogP contribution in [0.2, 0.25) is 0 Å². The van der Waals surface area contributed by atoms with Gasteiger partial charge >= 0.3 is 0 Å². The second-order valence-corrected chi connectivity index (χ2v) is 8.56. The van der Waals surface area contributed by atoms with Crippen molar-refractivity contribution in [2.75, 3.05) is 6.54 Å². The van der Waals surface area contributed by atoms with Crippen LogP contribution in [0.3, 0.4) is 0 Å². The Bertz CT molecular complexity index is 1190. The van der Waals surface area contributed by atoms with E-state index in [1.165, 1.54) is 18.2 Å². The molecule has 3 aromatic rings. The third kappa shape index (κ3) is 4.58. The predicted molar refractivity (Wildman–Crippen MR) is 111 cm³/mol. The molecule has 1 amide bonds. The Morgan fingerprint density at radius 3 is 2.57 bits per heavy atom. The Hall–Kier alpha value is -3.04. The highest BCUT2D eigenvalue weighted by Crippen LogP contribution is 2.18. The minimum Gasteiger partial charge on any atom is -0.348 e. The third-order valence-electron chi connectivity index (χ3n) is 4.65. The molecule has 158 valence electrons. The maximum atomic E-state index is 14.5. The van der Waals surface area contributed by atoms with Crippen LogP contribution in [0.5, 0.6) is 0 Å². The quantitative estimate of drug-likeness (QED) is 0.603. The van der Waals surface area contributed by atoms with Crippen molar-refractivity contribution in [3.05, 3.63) is 77.1 Å². The molecule has 30 heavy (non-hydrogen) atoms. The highest BCUT2D eigenvalue weighted by Gasteiger charge is 2.17. The summed E-state index contributed by atoms with van der Waals surface area (Å²) in [5, 5.41) is 2.72. The number of imidazole rings is 1. The lowest BCUT2D eigenvalue weighted by Gasteiger charge is -2.12. The van der Waals surface area contributed by atoms with E-state index in [4.69, 9.17) is 0 Å². The number of carbonyl (C=O) groups is 1. The molecule has 2 aromatic carbocycles. The number of aromatic nitrogens is 2. The molecule has 1 heterocycles. The van der Waals surface area contributed by atoms with Gasteiger partial charge < -0.3 is 9.88 Å².